The predicted molar refractivity (Wildman–Crippen MR) is 144 cm³/mol. The summed E-state index contributed by atoms with van der Waals surface area (Å²) in [7, 11) is -3.66. The second-order valence-corrected chi connectivity index (χ2v) is 12.6. The third-order valence-electron chi connectivity index (χ3n) is 5.95. The van der Waals surface area contributed by atoms with Crippen LogP contribution in [0, 0.1) is 5.92 Å². The van der Waals surface area contributed by atoms with Crippen LogP contribution in [0.5, 0.6) is 0 Å². The first-order chi connectivity index (χ1) is 17.8. The van der Waals surface area contributed by atoms with E-state index in [4.69, 9.17) is 15.2 Å². The van der Waals surface area contributed by atoms with E-state index in [0.717, 1.165) is 19.3 Å². The molecule has 0 aliphatic carbocycles. The number of rotatable bonds is 17. The molecule has 0 spiro atoms. The Kier molecular flexibility index (Phi) is 11.6. The average molecular weight is 556 g/mol. The number of anilines is 1. The number of carbonyl (C=O) groups is 2. The molecule has 1 unspecified atom stereocenters. The van der Waals surface area contributed by atoms with Crippen molar-refractivity contribution in [2.75, 3.05) is 18.7 Å². The maximum atomic E-state index is 14.2. The molecule has 2 aromatic heterocycles. The quantitative estimate of drug-likeness (QED) is 0.127. The molecule has 2 heterocycles. The zero-order valence-electron chi connectivity index (χ0n) is 23.1. The first-order valence-electron chi connectivity index (χ1n) is 12.9. The molecule has 14 heteroatoms. The van der Waals surface area contributed by atoms with Crippen LogP contribution >= 0.6 is 7.44 Å². The van der Waals surface area contributed by atoms with Gasteiger partial charge in [0.15, 0.2) is 11.5 Å². The number of unbranched alkanes of at least 4 members (excludes halogenated alkanes) is 2. The first kappa shape index (κ1) is 31.6. The van der Waals surface area contributed by atoms with E-state index >= 15 is 0 Å². The molecule has 13 nitrogen and oxygen atoms in total. The fourth-order valence-electron chi connectivity index (χ4n) is 3.78. The number of aromatic nitrogens is 4. The number of imidazole rings is 1. The Hall–Kier alpha value is -2.60. The Balaban J connectivity index is 2.18. The summed E-state index contributed by atoms with van der Waals surface area (Å²) in [6, 6.07) is -0.626. The van der Waals surface area contributed by atoms with Gasteiger partial charge in [-0.3, -0.25) is 14.2 Å². The van der Waals surface area contributed by atoms with Crippen LogP contribution in [-0.2, 0) is 30.2 Å². The molecule has 0 fully saturated rings. The van der Waals surface area contributed by atoms with Gasteiger partial charge in [0.05, 0.1) is 32.0 Å². The first-order valence-corrected chi connectivity index (χ1v) is 14.8. The van der Waals surface area contributed by atoms with Crippen molar-refractivity contribution in [1.29, 1.82) is 0 Å². The lowest BCUT2D eigenvalue weighted by molar-refractivity contribution is -0.149. The summed E-state index contributed by atoms with van der Waals surface area (Å²) in [5, 5.41) is 15.3. The van der Waals surface area contributed by atoms with Gasteiger partial charge in [0.2, 0.25) is 7.44 Å². The van der Waals surface area contributed by atoms with Crippen LogP contribution < -0.4 is 15.9 Å². The maximum Gasteiger partial charge on any atom is 0.326 e. The summed E-state index contributed by atoms with van der Waals surface area (Å²) in [4.78, 5) is 36.7. The van der Waals surface area contributed by atoms with E-state index in [-0.39, 0.29) is 31.1 Å². The highest BCUT2D eigenvalue weighted by atomic mass is 31.2. The summed E-state index contributed by atoms with van der Waals surface area (Å²) >= 11 is 0. The molecule has 0 bridgehead atoms. The van der Waals surface area contributed by atoms with Gasteiger partial charge in [-0.15, -0.1) is 0 Å². The molecule has 2 rings (SSSR count). The van der Waals surface area contributed by atoms with Crippen molar-refractivity contribution < 1.29 is 28.7 Å². The summed E-state index contributed by atoms with van der Waals surface area (Å²) in [5.74, 6) is -1.46. The zero-order chi connectivity index (χ0) is 28.5. The number of hydrogen-bond donors (Lipinski definition) is 4. The number of nitrogens with two attached hydrogens (primary N) is 1. The van der Waals surface area contributed by atoms with Crippen LogP contribution in [0.15, 0.2) is 12.7 Å². The molecular formula is C24H42N7O6P. The van der Waals surface area contributed by atoms with Gasteiger partial charge in [0.25, 0.3) is 0 Å². The molecule has 38 heavy (non-hydrogen) atoms. The van der Waals surface area contributed by atoms with Crippen molar-refractivity contribution in [2.45, 2.75) is 91.5 Å². The molecule has 5 N–H and O–H groups in total. The number of nitrogens with one attached hydrogen (secondary N) is 2. The molecule has 214 valence electrons. The second kappa shape index (κ2) is 14.0. The number of hydrogen-bond acceptors (Lipinski definition) is 9. The maximum absolute atomic E-state index is 14.2. The summed E-state index contributed by atoms with van der Waals surface area (Å²) in [5.41, 5.74) is 5.56. The van der Waals surface area contributed by atoms with Gasteiger partial charge in [-0.05, 0) is 33.1 Å². The lowest BCUT2D eigenvalue weighted by Gasteiger charge is -2.34. The largest absolute Gasteiger partial charge is 0.481 e. The van der Waals surface area contributed by atoms with E-state index in [9.17, 15) is 19.3 Å². The van der Waals surface area contributed by atoms with Crippen molar-refractivity contribution in [2.24, 2.45) is 5.92 Å². The highest BCUT2D eigenvalue weighted by Gasteiger charge is 2.39. The van der Waals surface area contributed by atoms with E-state index in [1.54, 1.807) is 31.7 Å². The third-order valence-corrected chi connectivity index (χ3v) is 8.13. The second-order valence-electron chi connectivity index (χ2n) is 10.3. The minimum Gasteiger partial charge on any atom is -0.481 e. The molecule has 0 aliphatic rings. The Bertz CT molecular complexity index is 1120. The van der Waals surface area contributed by atoms with E-state index in [1.807, 2.05) is 13.8 Å². The van der Waals surface area contributed by atoms with Gasteiger partial charge in [0.1, 0.15) is 23.7 Å². The van der Waals surface area contributed by atoms with Gasteiger partial charge in [-0.1, -0.05) is 33.6 Å². The van der Waals surface area contributed by atoms with Gasteiger partial charge < -0.3 is 24.9 Å². The molecule has 0 saturated heterocycles. The number of carbonyl (C=O) groups excluding carboxylic acids is 1. The minimum absolute atomic E-state index is 0.148. The van der Waals surface area contributed by atoms with Crippen molar-refractivity contribution >= 4 is 36.4 Å². The van der Waals surface area contributed by atoms with Crippen LogP contribution in [0.3, 0.4) is 0 Å². The number of carboxylic acids is 1. The van der Waals surface area contributed by atoms with Gasteiger partial charge in [-0.25, -0.2) is 25.1 Å². The Labute approximate surface area is 223 Å². The van der Waals surface area contributed by atoms with Crippen molar-refractivity contribution in [3.63, 3.8) is 0 Å². The number of carboxylic acid groups (broad SMARTS) is 1. The number of ether oxygens (including phenoxy) is 2. The predicted octanol–water partition coefficient (Wildman–Crippen LogP) is 3.15. The van der Waals surface area contributed by atoms with E-state index in [1.165, 1.54) is 6.33 Å². The van der Waals surface area contributed by atoms with Crippen LogP contribution in [0.1, 0.15) is 67.2 Å². The van der Waals surface area contributed by atoms with E-state index in [0.29, 0.717) is 17.7 Å². The Morgan fingerprint density at radius 2 is 1.92 bits per heavy atom. The number of esters is 1. The van der Waals surface area contributed by atoms with Gasteiger partial charge in [0, 0.05) is 6.04 Å². The average Bonchev–Trinajstić information content (AvgIpc) is 3.23. The van der Waals surface area contributed by atoms with E-state index < -0.39 is 37.1 Å². The molecule has 3 atom stereocenters. The molecule has 2 aromatic rings. The van der Waals surface area contributed by atoms with Crippen molar-refractivity contribution in [3.8, 4) is 0 Å². The molecule has 0 aliphatic heterocycles. The summed E-state index contributed by atoms with van der Waals surface area (Å²) in [6.07, 6.45) is 4.60. The number of nitrogens with zero attached hydrogens (tertiary/aromatic N) is 4. The monoisotopic (exact) mass is 555 g/mol. The van der Waals surface area contributed by atoms with Crippen LogP contribution in [0.2, 0.25) is 0 Å². The SMILES string of the molecule is CCCCCOC(=O)C(C)(C)N[P@@](=O)(COC(C)Cn1cnc2c(N)ncnc21)N[C@@H](CC(=O)O)C(C)C. The zero-order valence-corrected chi connectivity index (χ0v) is 24.0. The lowest BCUT2D eigenvalue weighted by Crippen LogP contribution is -2.50. The Morgan fingerprint density at radius 1 is 1.21 bits per heavy atom. The van der Waals surface area contributed by atoms with Crippen LogP contribution in [0.4, 0.5) is 5.82 Å². The fraction of sp³-hybridized carbons (Fsp3) is 0.708. The highest BCUT2D eigenvalue weighted by molar-refractivity contribution is 7.59. The van der Waals surface area contributed by atoms with Crippen molar-refractivity contribution in [1.82, 2.24) is 29.7 Å². The number of fused-ring (bicyclic) bond motifs is 1. The van der Waals surface area contributed by atoms with Gasteiger partial charge >= 0.3 is 11.9 Å². The summed E-state index contributed by atoms with van der Waals surface area (Å²) < 4.78 is 27.3. The molecule has 0 amide bonds. The normalized spacial score (nSPS) is 15.3. The lowest BCUT2D eigenvalue weighted by atomic mass is 10.0. The molecule has 0 saturated carbocycles. The van der Waals surface area contributed by atoms with Crippen molar-refractivity contribution in [3.05, 3.63) is 12.7 Å². The summed E-state index contributed by atoms with van der Waals surface area (Å²) in [6.45, 7) is 11.3. The highest BCUT2D eigenvalue weighted by Crippen LogP contribution is 2.41. The van der Waals surface area contributed by atoms with E-state index in [2.05, 4.69) is 32.1 Å². The molecule has 0 radical (unpaired) electrons. The van der Waals surface area contributed by atoms with Crippen LogP contribution in [0.25, 0.3) is 11.2 Å². The number of nitrogen functional groups attached to an aromatic ring is 1. The smallest absolute Gasteiger partial charge is 0.326 e. The molecular weight excluding hydrogens is 513 g/mol. The number of aliphatic carboxylic acids is 1. The molecule has 0 aromatic carbocycles. The topological polar surface area (TPSA) is 184 Å². The third kappa shape index (κ3) is 9.30. The Morgan fingerprint density at radius 3 is 2.55 bits per heavy atom. The fourth-order valence-corrected chi connectivity index (χ4v) is 6.36. The standard InChI is InChI=1S/C24H42N7O6P/c1-7-8-9-10-36-23(34)24(5,6)30-38(35,29-18(16(2)3)11-19(32)33)15-37-17(4)12-31-14-28-20-21(25)26-13-27-22(20)31/h13-14,16-18H,7-12,15H2,1-6H3,(H,32,33)(H2,25,26,27)(H2,29,30,35)/t17?,18-,38+/m0/s1. The van der Waals surface area contributed by atoms with Crippen LogP contribution in [-0.4, -0.2) is 67.2 Å². The minimum atomic E-state index is -3.66. The van der Waals surface area contributed by atoms with Gasteiger partial charge in [-0.2, -0.15) is 0 Å².